The second kappa shape index (κ2) is 52.3. The van der Waals surface area contributed by atoms with Gasteiger partial charge < -0.3 is 39.0 Å². The Morgan fingerprint density at radius 2 is 0.857 bits per heavy atom. The lowest BCUT2D eigenvalue weighted by Crippen LogP contribution is -2.61. The number of aliphatic hydroxyl groups is 2. The van der Waals surface area contributed by atoms with Gasteiger partial charge in [0.25, 0.3) is 0 Å². The lowest BCUT2D eigenvalue weighted by atomic mass is 9.98. The van der Waals surface area contributed by atoms with Crippen LogP contribution in [0, 0.1) is 0 Å². The quantitative estimate of drug-likeness (QED) is 0.0228. The van der Waals surface area contributed by atoms with Crippen LogP contribution in [0.4, 0.5) is 0 Å². The van der Waals surface area contributed by atoms with Gasteiger partial charge in [0.1, 0.15) is 18.8 Å². The van der Waals surface area contributed by atoms with E-state index in [-0.39, 0.29) is 25.9 Å². The third-order valence-corrected chi connectivity index (χ3v) is 13.2. The molecule has 12 heteroatoms. The third kappa shape index (κ3) is 42.3. The molecule has 1 aliphatic heterocycles. The first-order valence-corrected chi connectivity index (χ1v) is 30.2. The molecule has 0 aromatic rings. The molecule has 6 unspecified atom stereocenters. The Morgan fingerprint density at radius 3 is 1.31 bits per heavy atom. The summed E-state index contributed by atoms with van der Waals surface area (Å²) in [4.78, 5) is 51.1. The van der Waals surface area contributed by atoms with Crippen molar-refractivity contribution in [2.24, 2.45) is 0 Å². The molecule has 0 bridgehead atoms. The molecule has 0 saturated carbocycles. The molecule has 0 spiro atoms. The van der Waals surface area contributed by atoms with Crippen LogP contribution in [-0.4, -0.2) is 89.2 Å². The fraction of sp³-hybridized carbons (Fsp3) is 0.692. The van der Waals surface area contributed by atoms with Crippen LogP contribution in [0.1, 0.15) is 239 Å². The highest BCUT2D eigenvalue weighted by atomic mass is 16.7. The van der Waals surface area contributed by atoms with Gasteiger partial charge in [-0.25, -0.2) is 4.79 Å². The van der Waals surface area contributed by atoms with E-state index in [1.54, 1.807) is 12.2 Å². The zero-order valence-corrected chi connectivity index (χ0v) is 48.2. The van der Waals surface area contributed by atoms with Crippen molar-refractivity contribution < 1.29 is 58.2 Å². The van der Waals surface area contributed by atoms with E-state index in [2.05, 4.69) is 93.7 Å². The van der Waals surface area contributed by atoms with Crippen LogP contribution in [0.2, 0.25) is 0 Å². The smallest absolute Gasteiger partial charge is 0.335 e. The number of aliphatic hydroxyl groups excluding tert-OH is 2. The normalized spacial score (nSPS) is 18.7. The molecule has 77 heavy (non-hydrogen) atoms. The number of carboxylic acids is 1. The minimum Gasteiger partial charge on any atom is -0.479 e. The van der Waals surface area contributed by atoms with E-state index in [1.807, 2.05) is 12.2 Å². The van der Waals surface area contributed by atoms with E-state index < -0.39 is 67.3 Å². The Hall–Kier alpha value is -4.36. The number of esters is 3. The van der Waals surface area contributed by atoms with Crippen molar-refractivity contribution in [2.45, 2.75) is 276 Å². The first-order valence-electron chi connectivity index (χ1n) is 30.2. The Morgan fingerprint density at radius 1 is 0.455 bits per heavy atom. The van der Waals surface area contributed by atoms with Crippen molar-refractivity contribution in [3.8, 4) is 0 Å². The van der Waals surface area contributed by atoms with Gasteiger partial charge in [-0.1, -0.05) is 240 Å². The molecule has 0 aliphatic carbocycles. The van der Waals surface area contributed by atoms with Crippen LogP contribution in [-0.2, 0) is 42.9 Å². The summed E-state index contributed by atoms with van der Waals surface area (Å²) in [6, 6.07) is 0. The van der Waals surface area contributed by atoms with E-state index in [1.165, 1.54) is 83.5 Å². The molecular weight excluding hydrogens is 973 g/mol. The van der Waals surface area contributed by atoms with Crippen LogP contribution in [0.3, 0.4) is 0 Å². The van der Waals surface area contributed by atoms with Crippen molar-refractivity contribution in [3.05, 3.63) is 97.2 Å². The summed E-state index contributed by atoms with van der Waals surface area (Å²) in [7, 11) is 0. The average molecular weight is 1080 g/mol. The number of hydrogen-bond acceptors (Lipinski definition) is 11. The fourth-order valence-electron chi connectivity index (χ4n) is 8.63. The Kier molecular flexibility index (Phi) is 48.0. The van der Waals surface area contributed by atoms with E-state index in [9.17, 15) is 34.5 Å². The van der Waals surface area contributed by atoms with Gasteiger partial charge in [0.15, 0.2) is 24.6 Å². The molecular formula is C65H106O12. The van der Waals surface area contributed by atoms with Gasteiger partial charge in [-0.3, -0.25) is 14.4 Å². The second-order valence-corrected chi connectivity index (χ2v) is 20.2. The molecule has 1 aliphatic rings. The molecule has 1 rings (SSSR count). The number of carboxylic acid groups (broad SMARTS) is 1. The van der Waals surface area contributed by atoms with Crippen molar-refractivity contribution in [2.75, 3.05) is 13.2 Å². The standard InChI is InChI=1S/C65H106O12/c1-4-7-10-13-16-19-22-25-28-29-32-33-36-39-42-45-48-51-57(66)73-54-56(75-58(67)52-49-46-43-40-37-34-30-26-23-20-17-14-11-8-5-2)55-74-65-63(61(70)60(69)62(77-65)64(71)72)76-59(68)53-50-47-44-41-38-35-31-27-24-21-18-15-12-9-6-3/h8-9,11-12,17-18,20-21,26-27,30-31,38,41,47,50,56,60-63,65,69-70H,4-7,10,13-16,19,22-25,28-29,32-37,39-40,42-46,48-49,51-55H2,1-3H3,(H,71,72)/b11-8-,12-9-,20-17-,21-18-,30-26-,31-27-,41-38-,50-47-. The predicted octanol–water partition coefficient (Wildman–Crippen LogP) is 15.7. The lowest BCUT2D eigenvalue weighted by Gasteiger charge is -2.40. The molecule has 438 valence electrons. The van der Waals surface area contributed by atoms with E-state index >= 15 is 0 Å². The number of carbonyl (C=O) groups excluding carboxylic acids is 3. The molecule has 0 aromatic heterocycles. The molecule has 3 N–H and O–H groups in total. The maximum atomic E-state index is 13.2. The lowest BCUT2D eigenvalue weighted by molar-refractivity contribution is -0.301. The van der Waals surface area contributed by atoms with Crippen molar-refractivity contribution in [3.63, 3.8) is 0 Å². The van der Waals surface area contributed by atoms with Gasteiger partial charge in [0.2, 0.25) is 0 Å². The summed E-state index contributed by atoms with van der Waals surface area (Å²) < 4.78 is 28.3. The Balaban J connectivity index is 2.74. The zero-order chi connectivity index (χ0) is 56.1. The van der Waals surface area contributed by atoms with Gasteiger partial charge in [-0.2, -0.15) is 0 Å². The van der Waals surface area contributed by atoms with E-state index in [4.69, 9.17) is 23.7 Å². The molecule has 0 aromatic carbocycles. The highest BCUT2D eigenvalue weighted by molar-refractivity contribution is 5.74. The van der Waals surface area contributed by atoms with Crippen LogP contribution < -0.4 is 0 Å². The summed E-state index contributed by atoms with van der Waals surface area (Å²) >= 11 is 0. The number of allylic oxidation sites excluding steroid dienone is 15. The molecule has 1 fully saturated rings. The van der Waals surface area contributed by atoms with Crippen LogP contribution in [0.5, 0.6) is 0 Å². The number of ether oxygens (including phenoxy) is 5. The largest absolute Gasteiger partial charge is 0.479 e. The molecule has 12 nitrogen and oxygen atoms in total. The summed E-state index contributed by atoms with van der Waals surface area (Å²) in [5.41, 5.74) is 0. The monoisotopic (exact) mass is 1080 g/mol. The van der Waals surface area contributed by atoms with Gasteiger partial charge in [-0.05, 0) is 77.0 Å². The molecule has 1 heterocycles. The first-order chi connectivity index (χ1) is 37.6. The van der Waals surface area contributed by atoms with Crippen molar-refractivity contribution in [1.82, 2.24) is 0 Å². The number of hydrogen-bond donors (Lipinski definition) is 3. The number of unbranched alkanes of at least 4 members (excludes halogenated alkanes) is 21. The topological polar surface area (TPSA) is 175 Å². The van der Waals surface area contributed by atoms with Crippen LogP contribution in [0.15, 0.2) is 97.2 Å². The Bertz CT molecular complexity index is 1710. The zero-order valence-electron chi connectivity index (χ0n) is 48.2. The molecule has 0 amide bonds. The van der Waals surface area contributed by atoms with Crippen LogP contribution >= 0.6 is 0 Å². The average Bonchev–Trinajstić information content (AvgIpc) is 3.43. The fourth-order valence-corrected chi connectivity index (χ4v) is 8.63. The minimum atomic E-state index is -1.94. The maximum absolute atomic E-state index is 13.2. The Labute approximate surface area is 466 Å². The molecule has 6 atom stereocenters. The number of aliphatic carboxylic acids is 1. The molecule has 0 radical (unpaired) electrons. The first kappa shape index (κ1) is 70.7. The summed E-state index contributed by atoms with van der Waals surface area (Å²) in [6.45, 7) is 5.72. The summed E-state index contributed by atoms with van der Waals surface area (Å²) in [6.07, 6.45) is 56.9. The SMILES string of the molecule is CC/C=C\C/C=C\C/C=C\C/C=C\C/C=C\CC(=O)OC1C(OCC(COC(=O)CCCCCCCCCCCCCCCCCCC)OC(=O)CCCCCCC/C=C\C/C=C\C/C=C\CC)OC(C(=O)O)C(O)C1O. The highest BCUT2D eigenvalue weighted by Crippen LogP contribution is 2.26. The third-order valence-electron chi connectivity index (χ3n) is 13.2. The van der Waals surface area contributed by atoms with Gasteiger partial charge in [0, 0.05) is 12.8 Å². The molecule has 1 saturated heterocycles. The van der Waals surface area contributed by atoms with Gasteiger partial charge in [0.05, 0.1) is 13.0 Å². The summed E-state index contributed by atoms with van der Waals surface area (Å²) in [5.74, 6) is -3.30. The predicted molar refractivity (Wildman–Crippen MR) is 312 cm³/mol. The van der Waals surface area contributed by atoms with Crippen molar-refractivity contribution >= 4 is 23.9 Å². The summed E-state index contributed by atoms with van der Waals surface area (Å²) in [5, 5.41) is 31.5. The number of carbonyl (C=O) groups is 4. The highest BCUT2D eigenvalue weighted by Gasteiger charge is 2.50. The van der Waals surface area contributed by atoms with E-state index in [0.29, 0.717) is 19.3 Å². The maximum Gasteiger partial charge on any atom is 0.335 e. The number of rotatable bonds is 50. The van der Waals surface area contributed by atoms with Gasteiger partial charge in [-0.15, -0.1) is 0 Å². The van der Waals surface area contributed by atoms with Crippen LogP contribution in [0.25, 0.3) is 0 Å². The van der Waals surface area contributed by atoms with Gasteiger partial charge >= 0.3 is 23.9 Å². The van der Waals surface area contributed by atoms with E-state index in [0.717, 1.165) is 96.3 Å². The van der Waals surface area contributed by atoms with Crippen molar-refractivity contribution in [1.29, 1.82) is 0 Å². The second-order valence-electron chi connectivity index (χ2n) is 20.2. The minimum absolute atomic E-state index is 0.130.